The number of carbonyl (C=O) groups excluding carboxylic acids is 1. The van der Waals surface area contributed by atoms with E-state index in [4.69, 9.17) is 0 Å². The highest BCUT2D eigenvalue weighted by molar-refractivity contribution is 5.79. The third-order valence-electron chi connectivity index (χ3n) is 5.35. The first kappa shape index (κ1) is 20.2. The van der Waals surface area contributed by atoms with Gasteiger partial charge in [0.1, 0.15) is 11.6 Å². The quantitative estimate of drug-likeness (QED) is 0.644. The number of unbranched alkanes of at least 4 members (excludes halogenated alkanes) is 2. The Labute approximate surface area is 166 Å². The van der Waals surface area contributed by atoms with Gasteiger partial charge in [0.05, 0.1) is 6.20 Å². The SMILES string of the molecule is CCCCCN(Cc1ccc(F)cc1)C(=O)C1CCN(c2cnccn2)CC1. The number of halogens is 1. The van der Waals surface area contributed by atoms with E-state index in [-0.39, 0.29) is 17.6 Å². The lowest BCUT2D eigenvalue weighted by atomic mass is 9.95. The fraction of sp³-hybridized carbons (Fsp3) is 0.500. The van der Waals surface area contributed by atoms with E-state index in [1.165, 1.54) is 12.1 Å². The van der Waals surface area contributed by atoms with E-state index in [0.717, 1.165) is 63.1 Å². The van der Waals surface area contributed by atoms with Crippen LogP contribution in [0.2, 0.25) is 0 Å². The largest absolute Gasteiger partial charge is 0.355 e. The molecule has 0 saturated carbocycles. The molecule has 0 spiro atoms. The summed E-state index contributed by atoms with van der Waals surface area (Å²) < 4.78 is 13.2. The van der Waals surface area contributed by atoms with Gasteiger partial charge in [-0.2, -0.15) is 0 Å². The van der Waals surface area contributed by atoms with Crippen LogP contribution in [-0.2, 0) is 11.3 Å². The van der Waals surface area contributed by atoms with Gasteiger partial charge in [-0.1, -0.05) is 31.9 Å². The highest BCUT2D eigenvalue weighted by Crippen LogP contribution is 2.24. The van der Waals surface area contributed by atoms with E-state index in [1.54, 1.807) is 30.7 Å². The van der Waals surface area contributed by atoms with Gasteiger partial charge in [0.2, 0.25) is 5.91 Å². The molecule has 0 aliphatic carbocycles. The molecule has 150 valence electrons. The minimum Gasteiger partial charge on any atom is -0.355 e. The van der Waals surface area contributed by atoms with E-state index >= 15 is 0 Å². The van der Waals surface area contributed by atoms with Gasteiger partial charge in [0, 0.05) is 44.5 Å². The Kier molecular flexibility index (Phi) is 7.34. The molecule has 0 bridgehead atoms. The molecule has 1 fully saturated rings. The predicted octanol–water partition coefficient (Wildman–Crippen LogP) is 4.05. The van der Waals surface area contributed by atoms with Gasteiger partial charge in [-0.15, -0.1) is 0 Å². The summed E-state index contributed by atoms with van der Waals surface area (Å²) in [5.74, 6) is 0.887. The Morgan fingerprint density at radius 3 is 2.57 bits per heavy atom. The summed E-state index contributed by atoms with van der Waals surface area (Å²) in [4.78, 5) is 25.9. The topological polar surface area (TPSA) is 49.3 Å². The zero-order valence-electron chi connectivity index (χ0n) is 16.6. The van der Waals surface area contributed by atoms with Gasteiger partial charge in [0.15, 0.2) is 0 Å². The summed E-state index contributed by atoms with van der Waals surface area (Å²) in [6.07, 6.45) is 10.0. The van der Waals surface area contributed by atoms with Gasteiger partial charge in [-0.3, -0.25) is 9.78 Å². The van der Waals surface area contributed by atoms with Crippen LogP contribution in [0.15, 0.2) is 42.9 Å². The molecule has 0 atom stereocenters. The third-order valence-corrected chi connectivity index (χ3v) is 5.35. The molecule has 1 aliphatic heterocycles. The highest BCUT2D eigenvalue weighted by Gasteiger charge is 2.29. The molecular weight excluding hydrogens is 355 g/mol. The highest BCUT2D eigenvalue weighted by atomic mass is 19.1. The maximum absolute atomic E-state index is 13.2. The Hall–Kier alpha value is -2.50. The molecule has 2 heterocycles. The number of benzene rings is 1. The van der Waals surface area contributed by atoms with Crippen molar-refractivity contribution < 1.29 is 9.18 Å². The van der Waals surface area contributed by atoms with E-state index in [2.05, 4.69) is 21.8 Å². The van der Waals surface area contributed by atoms with Crippen LogP contribution >= 0.6 is 0 Å². The molecule has 3 rings (SSSR count). The first-order valence-electron chi connectivity index (χ1n) is 10.2. The summed E-state index contributed by atoms with van der Waals surface area (Å²) in [6.45, 7) is 5.10. The van der Waals surface area contributed by atoms with E-state index in [9.17, 15) is 9.18 Å². The first-order chi connectivity index (χ1) is 13.7. The molecule has 6 heteroatoms. The third kappa shape index (κ3) is 5.50. The normalized spacial score (nSPS) is 14.9. The van der Waals surface area contributed by atoms with Crippen molar-refractivity contribution in [1.82, 2.24) is 14.9 Å². The molecule has 0 unspecified atom stereocenters. The number of nitrogens with zero attached hydrogens (tertiary/aromatic N) is 4. The Bertz CT molecular complexity index is 730. The van der Waals surface area contributed by atoms with Crippen molar-refractivity contribution in [3.8, 4) is 0 Å². The maximum atomic E-state index is 13.2. The summed E-state index contributed by atoms with van der Waals surface area (Å²) in [5.41, 5.74) is 0.975. The van der Waals surface area contributed by atoms with E-state index in [1.807, 2.05) is 4.90 Å². The summed E-state index contributed by atoms with van der Waals surface area (Å²) >= 11 is 0. The van der Waals surface area contributed by atoms with Crippen molar-refractivity contribution in [2.75, 3.05) is 24.5 Å². The van der Waals surface area contributed by atoms with Gasteiger partial charge >= 0.3 is 0 Å². The molecule has 0 radical (unpaired) electrons. The van der Waals surface area contributed by atoms with Crippen LogP contribution in [0.3, 0.4) is 0 Å². The lowest BCUT2D eigenvalue weighted by Gasteiger charge is -2.34. The minimum absolute atomic E-state index is 0.0370. The number of piperidine rings is 1. The predicted molar refractivity (Wildman–Crippen MR) is 108 cm³/mol. The van der Waals surface area contributed by atoms with E-state index in [0.29, 0.717) is 6.54 Å². The number of rotatable bonds is 8. The van der Waals surface area contributed by atoms with Gasteiger partial charge in [-0.05, 0) is 37.0 Å². The average Bonchev–Trinajstić information content (AvgIpc) is 2.75. The second-order valence-corrected chi connectivity index (χ2v) is 7.42. The van der Waals surface area contributed by atoms with Crippen molar-refractivity contribution in [3.63, 3.8) is 0 Å². The minimum atomic E-state index is -0.246. The van der Waals surface area contributed by atoms with Crippen LogP contribution in [-0.4, -0.2) is 40.4 Å². The van der Waals surface area contributed by atoms with Crippen molar-refractivity contribution in [2.45, 2.75) is 45.6 Å². The second-order valence-electron chi connectivity index (χ2n) is 7.42. The molecule has 0 N–H and O–H groups in total. The van der Waals surface area contributed by atoms with Crippen molar-refractivity contribution >= 4 is 11.7 Å². The molecule has 28 heavy (non-hydrogen) atoms. The van der Waals surface area contributed by atoms with Crippen LogP contribution < -0.4 is 4.90 Å². The molecule has 2 aromatic rings. The summed E-state index contributed by atoms with van der Waals surface area (Å²) in [5, 5.41) is 0. The van der Waals surface area contributed by atoms with Crippen LogP contribution in [0.4, 0.5) is 10.2 Å². The second kappa shape index (κ2) is 10.2. The lowest BCUT2D eigenvalue weighted by molar-refractivity contribution is -0.137. The zero-order valence-corrected chi connectivity index (χ0v) is 16.6. The summed E-state index contributed by atoms with van der Waals surface area (Å²) in [6, 6.07) is 6.46. The lowest BCUT2D eigenvalue weighted by Crippen LogP contribution is -2.43. The number of anilines is 1. The first-order valence-corrected chi connectivity index (χ1v) is 10.2. The van der Waals surface area contributed by atoms with Crippen molar-refractivity contribution in [2.24, 2.45) is 5.92 Å². The average molecular weight is 384 g/mol. The van der Waals surface area contributed by atoms with Crippen LogP contribution in [0.25, 0.3) is 0 Å². The monoisotopic (exact) mass is 384 g/mol. The zero-order chi connectivity index (χ0) is 19.8. The molecular formula is C22H29FN4O. The smallest absolute Gasteiger partial charge is 0.226 e. The molecule has 1 aromatic heterocycles. The maximum Gasteiger partial charge on any atom is 0.226 e. The molecule has 1 aliphatic rings. The molecule has 1 aromatic carbocycles. The Morgan fingerprint density at radius 1 is 1.18 bits per heavy atom. The Balaban J connectivity index is 1.61. The summed E-state index contributed by atoms with van der Waals surface area (Å²) in [7, 11) is 0. The van der Waals surface area contributed by atoms with Gasteiger partial charge in [-0.25, -0.2) is 9.37 Å². The molecule has 1 amide bonds. The molecule has 5 nitrogen and oxygen atoms in total. The van der Waals surface area contributed by atoms with Gasteiger partial charge in [0.25, 0.3) is 0 Å². The fourth-order valence-electron chi connectivity index (χ4n) is 3.70. The van der Waals surface area contributed by atoms with Crippen LogP contribution in [0, 0.1) is 11.7 Å². The van der Waals surface area contributed by atoms with Gasteiger partial charge < -0.3 is 9.80 Å². The van der Waals surface area contributed by atoms with Crippen LogP contribution in [0.5, 0.6) is 0 Å². The number of carbonyl (C=O) groups is 1. The number of hydrogen-bond acceptors (Lipinski definition) is 4. The standard InChI is InChI=1S/C22H29FN4O/c1-2-3-4-13-27(17-18-5-7-20(23)8-6-18)22(28)19-9-14-26(15-10-19)21-16-24-11-12-25-21/h5-8,11-12,16,19H,2-4,9-10,13-15,17H2,1H3. The fourth-order valence-corrected chi connectivity index (χ4v) is 3.70. The van der Waals surface area contributed by atoms with Crippen molar-refractivity contribution in [1.29, 1.82) is 0 Å². The number of hydrogen-bond donors (Lipinski definition) is 0. The van der Waals surface area contributed by atoms with Crippen molar-refractivity contribution in [3.05, 3.63) is 54.2 Å². The Morgan fingerprint density at radius 2 is 1.93 bits per heavy atom. The van der Waals surface area contributed by atoms with Crippen LogP contribution in [0.1, 0.15) is 44.6 Å². The van der Waals surface area contributed by atoms with E-state index < -0.39 is 0 Å². The molecule has 1 saturated heterocycles. The number of aromatic nitrogens is 2. The number of amides is 1.